The van der Waals surface area contributed by atoms with Crippen molar-refractivity contribution >= 4 is 11.8 Å². The molecule has 0 amide bonds. The van der Waals surface area contributed by atoms with Crippen LogP contribution >= 0.6 is 11.8 Å². The van der Waals surface area contributed by atoms with Crippen molar-refractivity contribution in [3.8, 4) is 6.07 Å². The molecule has 0 aromatic heterocycles. The first-order valence-corrected chi connectivity index (χ1v) is 7.51. The van der Waals surface area contributed by atoms with E-state index < -0.39 is 0 Å². The molecule has 2 atom stereocenters. The summed E-state index contributed by atoms with van der Waals surface area (Å²) < 4.78 is 0. The van der Waals surface area contributed by atoms with Crippen molar-refractivity contribution < 1.29 is 5.11 Å². The highest BCUT2D eigenvalue weighted by molar-refractivity contribution is 7.99. The summed E-state index contributed by atoms with van der Waals surface area (Å²) in [5.74, 6) is 1.07. The fraction of sp³-hybridized carbons (Fsp3) is 0.923. The summed E-state index contributed by atoms with van der Waals surface area (Å²) in [6.07, 6.45) is 4.13. The summed E-state index contributed by atoms with van der Waals surface area (Å²) in [5.41, 5.74) is -0.372. The number of hydrogen-bond donors (Lipinski definition) is 2. The monoisotopic (exact) mass is 258 g/mol. The lowest BCUT2D eigenvalue weighted by atomic mass is 9.96. The van der Waals surface area contributed by atoms with Gasteiger partial charge in [-0.2, -0.15) is 17.0 Å². The minimum absolute atomic E-state index is 0.249. The molecular formula is C13H26N2OS. The van der Waals surface area contributed by atoms with Gasteiger partial charge in [0, 0.05) is 5.25 Å². The summed E-state index contributed by atoms with van der Waals surface area (Å²) in [5, 5.41) is 21.7. The van der Waals surface area contributed by atoms with E-state index in [9.17, 15) is 0 Å². The van der Waals surface area contributed by atoms with Gasteiger partial charge in [-0.3, -0.25) is 5.32 Å². The molecule has 4 heteroatoms. The normalized spacial score (nSPS) is 16.2. The van der Waals surface area contributed by atoms with Crippen LogP contribution in [0.3, 0.4) is 0 Å². The SMILES string of the molecule is CCCNC(C)(C#N)CCCCSC(C)CO. The van der Waals surface area contributed by atoms with Crippen LogP contribution in [0.1, 0.15) is 46.5 Å². The van der Waals surface area contributed by atoms with E-state index in [1.165, 1.54) is 0 Å². The maximum atomic E-state index is 9.14. The Kier molecular flexibility index (Phi) is 9.62. The smallest absolute Gasteiger partial charge is 0.103 e. The zero-order chi connectivity index (χ0) is 13.1. The van der Waals surface area contributed by atoms with Gasteiger partial charge >= 0.3 is 0 Å². The summed E-state index contributed by atoms with van der Waals surface area (Å²) >= 11 is 1.80. The van der Waals surface area contributed by atoms with E-state index in [1.807, 2.05) is 13.8 Å². The fourth-order valence-electron chi connectivity index (χ4n) is 1.50. The summed E-state index contributed by atoms with van der Waals surface area (Å²) in [6, 6.07) is 2.37. The lowest BCUT2D eigenvalue weighted by molar-refractivity contribution is 0.300. The third kappa shape index (κ3) is 8.48. The zero-order valence-electron chi connectivity index (χ0n) is 11.3. The molecule has 0 aromatic carbocycles. The standard InChI is InChI=1S/C13H26N2OS/c1-4-8-15-13(3,11-14)7-5-6-9-17-12(2)10-16/h12,15-16H,4-10H2,1-3H3. The predicted molar refractivity (Wildman–Crippen MR) is 75.2 cm³/mol. The first-order valence-electron chi connectivity index (χ1n) is 6.46. The largest absolute Gasteiger partial charge is 0.395 e. The number of nitrogens with zero attached hydrogens (tertiary/aromatic N) is 1. The van der Waals surface area contributed by atoms with E-state index in [-0.39, 0.29) is 12.1 Å². The summed E-state index contributed by atoms with van der Waals surface area (Å²) in [4.78, 5) is 0. The van der Waals surface area contributed by atoms with E-state index >= 15 is 0 Å². The van der Waals surface area contributed by atoms with Gasteiger partial charge in [0.05, 0.1) is 12.7 Å². The van der Waals surface area contributed by atoms with Crippen molar-refractivity contribution in [2.24, 2.45) is 0 Å². The molecule has 0 spiro atoms. The number of aliphatic hydroxyl groups excluding tert-OH is 1. The number of unbranched alkanes of at least 4 members (excludes halogenated alkanes) is 1. The van der Waals surface area contributed by atoms with Crippen LogP contribution in [0.5, 0.6) is 0 Å². The average Bonchev–Trinajstić information content (AvgIpc) is 2.35. The van der Waals surface area contributed by atoms with Gasteiger partial charge in [0.25, 0.3) is 0 Å². The molecule has 0 aliphatic carbocycles. The Bertz CT molecular complexity index is 230. The minimum Gasteiger partial charge on any atom is -0.395 e. The van der Waals surface area contributed by atoms with E-state index in [0.29, 0.717) is 5.25 Å². The molecule has 0 bridgehead atoms. The molecule has 100 valence electrons. The molecule has 0 aromatic rings. The molecule has 2 N–H and O–H groups in total. The first kappa shape index (κ1) is 16.8. The van der Waals surface area contributed by atoms with E-state index in [1.54, 1.807) is 11.8 Å². The maximum Gasteiger partial charge on any atom is 0.103 e. The highest BCUT2D eigenvalue weighted by Gasteiger charge is 2.21. The molecule has 0 heterocycles. The third-order valence-electron chi connectivity index (χ3n) is 2.74. The van der Waals surface area contributed by atoms with E-state index in [2.05, 4.69) is 18.3 Å². The zero-order valence-corrected chi connectivity index (χ0v) is 12.1. The first-order chi connectivity index (χ1) is 8.08. The Hall–Kier alpha value is -0.240. The van der Waals surface area contributed by atoms with E-state index in [4.69, 9.17) is 10.4 Å². The van der Waals surface area contributed by atoms with Crippen LogP contribution in [0.4, 0.5) is 0 Å². The summed E-state index contributed by atoms with van der Waals surface area (Å²) in [7, 11) is 0. The van der Waals surface area contributed by atoms with E-state index in [0.717, 1.165) is 38.0 Å². The minimum atomic E-state index is -0.372. The van der Waals surface area contributed by atoms with Crippen LogP contribution in [0.25, 0.3) is 0 Å². The number of thioether (sulfide) groups is 1. The van der Waals surface area contributed by atoms with Crippen molar-refractivity contribution in [3.05, 3.63) is 0 Å². The Labute approximate surface area is 110 Å². The van der Waals surface area contributed by atoms with Crippen molar-refractivity contribution in [2.75, 3.05) is 18.9 Å². The fourth-order valence-corrected chi connectivity index (χ4v) is 2.38. The second kappa shape index (κ2) is 9.76. The highest BCUT2D eigenvalue weighted by Crippen LogP contribution is 2.17. The lowest BCUT2D eigenvalue weighted by Crippen LogP contribution is -2.41. The molecule has 17 heavy (non-hydrogen) atoms. The van der Waals surface area contributed by atoms with Crippen LogP contribution in [0.2, 0.25) is 0 Å². The number of rotatable bonds is 10. The van der Waals surface area contributed by atoms with Gasteiger partial charge in [0.15, 0.2) is 0 Å². The van der Waals surface area contributed by atoms with Crippen molar-refractivity contribution in [1.82, 2.24) is 5.32 Å². The molecular weight excluding hydrogens is 232 g/mol. The Morgan fingerprint density at radius 3 is 2.71 bits per heavy atom. The lowest BCUT2D eigenvalue weighted by Gasteiger charge is -2.23. The van der Waals surface area contributed by atoms with Crippen molar-refractivity contribution in [3.63, 3.8) is 0 Å². The quantitative estimate of drug-likeness (QED) is 0.591. The number of nitrogens with one attached hydrogen (secondary N) is 1. The molecule has 0 radical (unpaired) electrons. The van der Waals surface area contributed by atoms with Gasteiger partial charge in [-0.25, -0.2) is 0 Å². The molecule has 0 saturated carbocycles. The molecule has 3 nitrogen and oxygen atoms in total. The predicted octanol–water partition coefficient (Wildman–Crippen LogP) is 2.55. The van der Waals surface area contributed by atoms with Crippen molar-refractivity contribution in [1.29, 1.82) is 5.26 Å². The van der Waals surface area contributed by atoms with Gasteiger partial charge in [0.1, 0.15) is 5.54 Å². The second-order valence-electron chi connectivity index (χ2n) is 4.69. The van der Waals surface area contributed by atoms with Gasteiger partial charge < -0.3 is 5.11 Å². The molecule has 2 unspecified atom stereocenters. The topological polar surface area (TPSA) is 56.0 Å². The van der Waals surface area contributed by atoms with Crippen LogP contribution in [-0.2, 0) is 0 Å². The average molecular weight is 258 g/mol. The van der Waals surface area contributed by atoms with Gasteiger partial charge in [-0.1, -0.05) is 13.8 Å². The van der Waals surface area contributed by atoms with Gasteiger partial charge in [-0.05, 0) is 44.9 Å². The Balaban J connectivity index is 3.66. The molecule has 0 rings (SSSR count). The molecule has 0 saturated heterocycles. The number of nitriles is 1. The molecule has 0 aliphatic rings. The van der Waals surface area contributed by atoms with Crippen molar-refractivity contribution in [2.45, 2.75) is 57.2 Å². The third-order valence-corrected chi connectivity index (χ3v) is 3.99. The van der Waals surface area contributed by atoms with Gasteiger partial charge in [0.2, 0.25) is 0 Å². The second-order valence-corrected chi connectivity index (χ2v) is 6.24. The van der Waals surface area contributed by atoms with Crippen LogP contribution in [0, 0.1) is 11.3 Å². The highest BCUT2D eigenvalue weighted by atomic mass is 32.2. The summed E-state index contributed by atoms with van der Waals surface area (Å²) in [6.45, 7) is 7.27. The van der Waals surface area contributed by atoms with Crippen LogP contribution in [-0.4, -0.2) is 34.8 Å². The van der Waals surface area contributed by atoms with Crippen LogP contribution in [0.15, 0.2) is 0 Å². The Morgan fingerprint density at radius 1 is 1.47 bits per heavy atom. The Morgan fingerprint density at radius 2 is 2.18 bits per heavy atom. The van der Waals surface area contributed by atoms with Gasteiger partial charge in [-0.15, -0.1) is 0 Å². The number of aliphatic hydroxyl groups is 1. The molecule has 0 aliphatic heterocycles. The number of hydrogen-bond acceptors (Lipinski definition) is 4. The van der Waals surface area contributed by atoms with Crippen LogP contribution < -0.4 is 5.32 Å². The molecule has 0 fully saturated rings. The maximum absolute atomic E-state index is 9.14.